The predicted molar refractivity (Wildman–Crippen MR) is 111 cm³/mol. The molecule has 156 valence electrons. The van der Waals surface area contributed by atoms with Crippen LogP contribution in [0, 0.1) is 5.92 Å². The normalized spacial score (nSPS) is 19.2. The van der Waals surface area contributed by atoms with Crippen LogP contribution in [0.4, 0.5) is 0 Å². The number of thiophene rings is 1. The second-order valence-corrected chi connectivity index (χ2v) is 8.92. The third-order valence-corrected chi connectivity index (χ3v) is 7.03. The van der Waals surface area contributed by atoms with E-state index in [-0.39, 0.29) is 29.8 Å². The number of aromatic amines is 1. The van der Waals surface area contributed by atoms with Gasteiger partial charge in [0.2, 0.25) is 5.91 Å². The second kappa shape index (κ2) is 8.65. The number of rotatable bonds is 5. The van der Waals surface area contributed by atoms with Crippen LogP contribution in [0.1, 0.15) is 55.3 Å². The molecular weight excluding hydrogens is 390 g/mol. The number of ether oxygens (including phenoxy) is 1. The van der Waals surface area contributed by atoms with Gasteiger partial charge >= 0.3 is 5.97 Å². The predicted octanol–water partition coefficient (Wildman–Crippen LogP) is 2.60. The third kappa shape index (κ3) is 4.22. The van der Waals surface area contributed by atoms with E-state index in [9.17, 15) is 14.4 Å². The van der Waals surface area contributed by atoms with Crippen LogP contribution in [0.3, 0.4) is 0 Å². The van der Waals surface area contributed by atoms with E-state index < -0.39 is 0 Å². The maximum atomic E-state index is 12.7. The molecule has 1 fully saturated rings. The quantitative estimate of drug-likeness (QED) is 0.755. The standard InChI is InChI=1S/C21H27N3O4S/c1-2-28-21(27)13-6-5-11-24(12-13)17(25)10-9-16-22-19(26)18-14-7-3-4-8-15(14)29-20(18)23-16/h13H,2-12H2,1H3,(H,22,23,26)/t13-/m0/s1. The van der Waals surface area contributed by atoms with Crippen LogP contribution in [0.5, 0.6) is 0 Å². The number of aromatic nitrogens is 2. The van der Waals surface area contributed by atoms with Crippen LogP contribution < -0.4 is 5.56 Å². The molecule has 8 heteroatoms. The average molecular weight is 418 g/mol. The molecule has 29 heavy (non-hydrogen) atoms. The van der Waals surface area contributed by atoms with Gasteiger partial charge in [0.05, 0.1) is 17.9 Å². The number of likely N-dealkylation sites (tertiary alicyclic amines) is 1. The van der Waals surface area contributed by atoms with Gasteiger partial charge in [-0.25, -0.2) is 4.98 Å². The summed E-state index contributed by atoms with van der Waals surface area (Å²) in [6.07, 6.45) is 6.50. The average Bonchev–Trinajstić information content (AvgIpc) is 3.11. The number of amides is 1. The fourth-order valence-corrected chi connectivity index (χ4v) is 5.65. The number of nitrogens with zero attached hydrogens (tertiary/aromatic N) is 2. The Bertz CT molecular complexity index is 980. The van der Waals surface area contributed by atoms with Crippen LogP contribution in [0.25, 0.3) is 10.2 Å². The Kier molecular flexibility index (Phi) is 5.99. The minimum absolute atomic E-state index is 0.00721. The Hall–Kier alpha value is -2.22. The zero-order valence-electron chi connectivity index (χ0n) is 16.8. The van der Waals surface area contributed by atoms with Gasteiger partial charge in [-0.15, -0.1) is 11.3 Å². The molecule has 7 nitrogen and oxygen atoms in total. The first kappa shape index (κ1) is 20.1. The summed E-state index contributed by atoms with van der Waals surface area (Å²) in [4.78, 5) is 48.6. The van der Waals surface area contributed by atoms with Gasteiger partial charge in [0.25, 0.3) is 5.56 Å². The highest BCUT2D eigenvalue weighted by Crippen LogP contribution is 2.33. The fraction of sp³-hybridized carbons (Fsp3) is 0.619. The molecule has 2 aliphatic rings. The number of hydrogen-bond donors (Lipinski definition) is 1. The van der Waals surface area contributed by atoms with Gasteiger partial charge in [-0.1, -0.05) is 0 Å². The maximum Gasteiger partial charge on any atom is 0.310 e. The van der Waals surface area contributed by atoms with Crippen LogP contribution in [0.15, 0.2) is 4.79 Å². The topological polar surface area (TPSA) is 92.4 Å². The Morgan fingerprint density at radius 1 is 1.28 bits per heavy atom. The van der Waals surface area contributed by atoms with Gasteiger partial charge < -0.3 is 14.6 Å². The van der Waals surface area contributed by atoms with E-state index in [2.05, 4.69) is 9.97 Å². The number of piperidine rings is 1. The molecule has 2 aromatic rings. The Labute approximate surface area is 173 Å². The van der Waals surface area contributed by atoms with Crippen molar-refractivity contribution in [2.75, 3.05) is 19.7 Å². The van der Waals surface area contributed by atoms with E-state index in [1.165, 1.54) is 16.9 Å². The number of H-pyrrole nitrogens is 1. The van der Waals surface area contributed by atoms with Gasteiger partial charge in [0.15, 0.2) is 0 Å². The van der Waals surface area contributed by atoms with Crippen LogP contribution >= 0.6 is 11.3 Å². The van der Waals surface area contributed by atoms with Crippen molar-refractivity contribution in [2.45, 2.75) is 58.3 Å². The summed E-state index contributed by atoms with van der Waals surface area (Å²) in [6.45, 7) is 3.23. The van der Waals surface area contributed by atoms with Gasteiger partial charge in [0, 0.05) is 30.8 Å². The van der Waals surface area contributed by atoms with E-state index in [1.54, 1.807) is 23.2 Å². The van der Waals surface area contributed by atoms with Crippen molar-refractivity contribution in [2.24, 2.45) is 5.92 Å². The van der Waals surface area contributed by atoms with Crippen molar-refractivity contribution in [3.05, 3.63) is 26.6 Å². The Morgan fingerprint density at radius 3 is 2.93 bits per heavy atom. The van der Waals surface area contributed by atoms with Gasteiger partial charge in [-0.3, -0.25) is 14.4 Å². The van der Waals surface area contributed by atoms with Crippen molar-refractivity contribution in [3.63, 3.8) is 0 Å². The number of nitrogens with one attached hydrogen (secondary N) is 1. The lowest BCUT2D eigenvalue weighted by molar-refractivity contribution is -0.151. The molecule has 2 aromatic heterocycles. The molecular formula is C21H27N3O4S. The molecule has 0 bridgehead atoms. The summed E-state index contributed by atoms with van der Waals surface area (Å²) in [5, 5.41) is 0.744. The molecule has 1 saturated heterocycles. The van der Waals surface area contributed by atoms with Crippen molar-refractivity contribution >= 4 is 33.4 Å². The Morgan fingerprint density at radius 2 is 2.10 bits per heavy atom. The maximum absolute atomic E-state index is 12.7. The lowest BCUT2D eigenvalue weighted by atomic mass is 9.97. The van der Waals surface area contributed by atoms with E-state index >= 15 is 0 Å². The zero-order chi connectivity index (χ0) is 20.4. The first-order valence-corrected chi connectivity index (χ1v) is 11.4. The summed E-state index contributed by atoms with van der Waals surface area (Å²) in [5.41, 5.74) is 1.09. The molecule has 4 rings (SSSR count). The van der Waals surface area contributed by atoms with Crippen LogP contribution in [0.2, 0.25) is 0 Å². The number of carbonyl (C=O) groups excluding carboxylic acids is 2. The van der Waals surface area contributed by atoms with E-state index in [4.69, 9.17) is 4.74 Å². The highest BCUT2D eigenvalue weighted by atomic mass is 32.1. The first-order chi connectivity index (χ1) is 14.1. The summed E-state index contributed by atoms with van der Waals surface area (Å²) in [5.74, 6) is 0.100. The van der Waals surface area contributed by atoms with Crippen molar-refractivity contribution in [1.82, 2.24) is 14.9 Å². The van der Waals surface area contributed by atoms with E-state index in [1.807, 2.05) is 0 Å². The highest BCUT2D eigenvalue weighted by molar-refractivity contribution is 7.18. The fourth-order valence-electron chi connectivity index (χ4n) is 4.37. The molecule has 0 spiro atoms. The molecule has 1 aliphatic heterocycles. The number of aryl methyl sites for hydroxylation is 3. The number of fused-ring (bicyclic) bond motifs is 3. The summed E-state index contributed by atoms with van der Waals surface area (Å²) >= 11 is 1.62. The zero-order valence-corrected chi connectivity index (χ0v) is 17.6. The summed E-state index contributed by atoms with van der Waals surface area (Å²) in [7, 11) is 0. The molecule has 1 N–H and O–H groups in total. The van der Waals surface area contributed by atoms with Crippen molar-refractivity contribution in [1.29, 1.82) is 0 Å². The van der Waals surface area contributed by atoms with Gasteiger partial charge in [0.1, 0.15) is 10.7 Å². The smallest absolute Gasteiger partial charge is 0.310 e. The molecule has 1 aliphatic carbocycles. The molecule has 3 heterocycles. The van der Waals surface area contributed by atoms with Crippen molar-refractivity contribution < 1.29 is 14.3 Å². The van der Waals surface area contributed by atoms with Crippen LogP contribution in [-0.2, 0) is 33.6 Å². The largest absolute Gasteiger partial charge is 0.466 e. The molecule has 0 aromatic carbocycles. The molecule has 1 amide bonds. The SMILES string of the molecule is CCOC(=O)[C@H]1CCCN(C(=O)CCc2nc3sc4c(c3c(=O)[nH]2)CCCC4)C1. The summed E-state index contributed by atoms with van der Waals surface area (Å²) in [6, 6.07) is 0. The van der Waals surface area contributed by atoms with Gasteiger partial charge in [-0.05, 0) is 51.0 Å². The lowest BCUT2D eigenvalue weighted by Gasteiger charge is -2.31. The van der Waals surface area contributed by atoms with Crippen LogP contribution in [-0.4, -0.2) is 46.4 Å². The number of esters is 1. The minimum Gasteiger partial charge on any atom is -0.466 e. The number of hydrogen-bond acceptors (Lipinski definition) is 6. The Balaban J connectivity index is 1.42. The second-order valence-electron chi connectivity index (χ2n) is 7.83. The third-order valence-electron chi connectivity index (χ3n) is 5.84. The van der Waals surface area contributed by atoms with Crippen molar-refractivity contribution in [3.8, 4) is 0 Å². The molecule has 1 atom stereocenters. The molecule has 0 unspecified atom stereocenters. The molecule has 0 radical (unpaired) electrons. The minimum atomic E-state index is -0.237. The highest BCUT2D eigenvalue weighted by Gasteiger charge is 2.29. The first-order valence-electron chi connectivity index (χ1n) is 10.5. The monoisotopic (exact) mass is 417 g/mol. The number of carbonyl (C=O) groups is 2. The van der Waals surface area contributed by atoms with E-state index in [0.717, 1.165) is 42.3 Å². The van der Waals surface area contributed by atoms with E-state index in [0.29, 0.717) is 31.9 Å². The summed E-state index contributed by atoms with van der Waals surface area (Å²) < 4.78 is 5.10. The lowest BCUT2D eigenvalue weighted by Crippen LogP contribution is -2.43. The molecule has 0 saturated carbocycles. The van der Waals surface area contributed by atoms with Gasteiger partial charge in [-0.2, -0.15) is 0 Å².